The average molecular weight is 331 g/mol. The molecule has 3 rings (SSSR count). The fourth-order valence-electron chi connectivity index (χ4n) is 2.75. The number of morpholine rings is 1. The van der Waals surface area contributed by atoms with Gasteiger partial charge in [0.25, 0.3) is 0 Å². The second-order valence-electron chi connectivity index (χ2n) is 5.58. The predicted molar refractivity (Wildman–Crippen MR) is 90.0 cm³/mol. The van der Waals surface area contributed by atoms with Crippen LogP contribution in [-0.4, -0.2) is 32.4 Å². The van der Waals surface area contributed by atoms with Crippen molar-refractivity contribution in [2.24, 2.45) is 0 Å². The van der Waals surface area contributed by atoms with Crippen molar-refractivity contribution in [3.8, 4) is 11.5 Å². The quantitative estimate of drug-likeness (QED) is 0.881. The normalized spacial score (nSPS) is 18.8. The van der Waals surface area contributed by atoms with Crippen molar-refractivity contribution in [2.45, 2.75) is 19.1 Å². The van der Waals surface area contributed by atoms with E-state index in [1.165, 1.54) is 12.1 Å². The minimum atomic E-state index is -0.347. The molecule has 0 radical (unpaired) electrons. The maximum Gasteiger partial charge on any atom is 0.162 e. The van der Waals surface area contributed by atoms with E-state index in [0.717, 1.165) is 12.1 Å². The first-order valence-electron chi connectivity index (χ1n) is 8.24. The summed E-state index contributed by atoms with van der Waals surface area (Å²) in [5, 5.41) is 3.31. The summed E-state index contributed by atoms with van der Waals surface area (Å²) in [6, 6.07) is 13.9. The lowest BCUT2D eigenvalue weighted by atomic mass is 10.0. The van der Waals surface area contributed by atoms with Gasteiger partial charge in [0.1, 0.15) is 11.9 Å². The summed E-state index contributed by atoms with van der Waals surface area (Å²) in [5.74, 6) is 1.08. The van der Waals surface area contributed by atoms with Crippen molar-refractivity contribution in [1.82, 2.24) is 5.32 Å². The van der Waals surface area contributed by atoms with Crippen molar-refractivity contribution >= 4 is 0 Å². The minimum Gasteiger partial charge on any atom is -0.490 e. The second-order valence-corrected chi connectivity index (χ2v) is 5.58. The zero-order valence-corrected chi connectivity index (χ0v) is 13.7. The molecule has 1 aliphatic rings. The molecule has 2 aromatic carbocycles. The summed E-state index contributed by atoms with van der Waals surface area (Å²) in [7, 11) is 0. The molecule has 4 nitrogen and oxygen atoms in total. The highest BCUT2D eigenvalue weighted by molar-refractivity contribution is 5.40. The molecule has 0 aromatic heterocycles. The van der Waals surface area contributed by atoms with Crippen molar-refractivity contribution in [2.75, 3.05) is 26.3 Å². The Morgan fingerprint density at radius 3 is 2.58 bits per heavy atom. The molecule has 1 aliphatic heterocycles. The van der Waals surface area contributed by atoms with Gasteiger partial charge in [-0.05, 0) is 36.8 Å². The molecule has 1 heterocycles. The first-order valence-corrected chi connectivity index (χ1v) is 8.24. The molecule has 0 spiro atoms. The zero-order valence-electron chi connectivity index (χ0n) is 13.7. The standard InChI is InChI=1S/C19H22FNO3/c1-2-22-16-5-3-4-6-17(16)24-19(18-13-21-11-12-23-18)14-7-9-15(20)10-8-14/h3-10,18-19,21H,2,11-13H2,1H3/t18-,19?/m1/s1. The van der Waals surface area contributed by atoms with Crippen LogP contribution in [0, 0.1) is 5.82 Å². The first-order chi connectivity index (χ1) is 11.8. The van der Waals surface area contributed by atoms with E-state index in [2.05, 4.69) is 5.32 Å². The largest absolute Gasteiger partial charge is 0.490 e. The van der Waals surface area contributed by atoms with Crippen molar-refractivity contribution < 1.29 is 18.6 Å². The fourth-order valence-corrected chi connectivity index (χ4v) is 2.75. The highest BCUT2D eigenvalue weighted by Crippen LogP contribution is 2.33. The van der Waals surface area contributed by atoms with Crippen LogP contribution in [0.5, 0.6) is 11.5 Å². The Labute approximate surface area is 141 Å². The number of hydrogen-bond donors (Lipinski definition) is 1. The third kappa shape index (κ3) is 4.04. The monoisotopic (exact) mass is 331 g/mol. The van der Waals surface area contributed by atoms with Crippen LogP contribution in [-0.2, 0) is 4.74 Å². The van der Waals surface area contributed by atoms with Crippen LogP contribution in [0.15, 0.2) is 48.5 Å². The van der Waals surface area contributed by atoms with E-state index in [4.69, 9.17) is 14.2 Å². The third-order valence-electron chi connectivity index (χ3n) is 3.90. The van der Waals surface area contributed by atoms with Gasteiger partial charge >= 0.3 is 0 Å². The molecule has 24 heavy (non-hydrogen) atoms. The summed E-state index contributed by atoms with van der Waals surface area (Å²) in [5.41, 5.74) is 0.872. The maximum atomic E-state index is 13.3. The van der Waals surface area contributed by atoms with Gasteiger partial charge in [0.15, 0.2) is 17.6 Å². The summed E-state index contributed by atoms with van der Waals surface area (Å²) in [4.78, 5) is 0. The van der Waals surface area contributed by atoms with Gasteiger partial charge in [0.2, 0.25) is 0 Å². The van der Waals surface area contributed by atoms with Crippen LogP contribution < -0.4 is 14.8 Å². The molecule has 0 amide bonds. The van der Waals surface area contributed by atoms with Gasteiger partial charge < -0.3 is 19.5 Å². The highest BCUT2D eigenvalue weighted by atomic mass is 19.1. The molecule has 0 aliphatic carbocycles. The summed E-state index contributed by atoms with van der Waals surface area (Å²) in [6.45, 7) is 4.62. The van der Waals surface area contributed by atoms with Gasteiger partial charge in [0.05, 0.1) is 13.2 Å². The number of para-hydroxylation sites is 2. The first kappa shape index (κ1) is 16.7. The molecule has 128 valence electrons. The van der Waals surface area contributed by atoms with Gasteiger partial charge in [-0.3, -0.25) is 0 Å². The predicted octanol–water partition coefficient (Wildman–Crippen LogP) is 3.33. The summed E-state index contributed by atoms with van der Waals surface area (Å²) < 4.78 is 31.0. The van der Waals surface area contributed by atoms with E-state index in [-0.39, 0.29) is 18.0 Å². The van der Waals surface area contributed by atoms with E-state index in [1.54, 1.807) is 12.1 Å². The SMILES string of the molecule is CCOc1ccccc1OC(c1ccc(F)cc1)[C@H]1CNCCO1. The molecule has 1 fully saturated rings. The summed E-state index contributed by atoms with van der Waals surface area (Å²) >= 11 is 0. The molecule has 5 heteroatoms. The Balaban J connectivity index is 1.88. The van der Waals surface area contributed by atoms with Crippen molar-refractivity contribution in [3.63, 3.8) is 0 Å². The van der Waals surface area contributed by atoms with E-state index < -0.39 is 0 Å². The molecule has 1 saturated heterocycles. The average Bonchev–Trinajstić information content (AvgIpc) is 2.63. The Bertz CT molecular complexity index is 641. The van der Waals surface area contributed by atoms with Crippen LogP contribution in [0.2, 0.25) is 0 Å². The molecular weight excluding hydrogens is 309 g/mol. The lowest BCUT2D eigenvalue weighted by Gasteiger charge is -2.32. The van der Waals surface area contributed by atoms with Gasteiger partial charge in [-0.25, -0.2) is 4.39 Å². The number of rotatable bonds is 6. The minimum absolute atomic E-state index is 0.154. The van der Waals surface area contributed by atoms with Crippen molar-refractivity contribution in [1.29, 1.82) is 0 Å². The van der Waals surface area contributed by atoms with Gasteiger partial charge in [-0.2, -0.15) is 0 Å². The molecule has 2 aromatic rings. The van der Waals surface area contributed by atoms with Crippen LogP contribution in [0.3, 0.4) is 0 Å². The lowest BCUT2D eigenvalue weighted by Crippen LogP contribution is -2.43. The van der Waals surface area contributed by atoms with Crippen LogP contribution in [0.4, 0.5) is 4.39 Å². The lowest BCUT2D eigenvalue weighted by molar-refractivity contribution is -0.0439. The number of nitrogens with one attached hydrogen (secondary N) is 1. The van der Waals surface area contributed by atoms with Crippen LogP contribution in [0.25, 0.3) is 0 Å². The number of hydrogen-bond acceptors (Lipinski definition) is 4. The number of halogens is 1. The molecule has 0 bridgehead atoms. The number of benzene rings is 2. The Kier molecular flexibility index (Phi) is 5.67. The number of ether oxygens (including phenoxy) is 3. The van der Waals surface area contributed by atoms with Crippen LogP contribution >= 0.6 is 0 Å². The van der Waals surface area contributed by atoms with E-state index >= 15 is 0 Å². The topological polar surface area (TPSA) is 39.7 Å². The highest BCUT2D eigenvalue weighted by Gasteiger charge is 2.28. The van der Waals surface area contributed by atoms with Gasteiger partial charge in [-0.15, -0.1) is 0 Å². The Hall–Kier alpha value is -2.11. The van der Waals surface area contributed by atoms with Crippen LogP contribution in [0.1, 0.15) is 18.6 Å². The fraction of sp³-hybridized carbons (Fsp3) is 0.368. The van der Waals surface area contributed by atoms with Gasteiger partial charge in [-0.1, -0.05) is 24.3 Å². The molecule has 2 atom stereocenters. The van der Waals surface area contributed by atoms with Gasteiger partial charge in [0, 0.05) is 13.1 Å². The molecule has 1 unspecified atom stereocenters. The third-order valence-corrected chi connectivity index (χ3v) is 3.90. The molecule has 0 saturated carbocycles. The smallest absolute Gasteiger partial charge is 0.162 e. The van der Waals surface area contributed by atoms with E-state index in [1.807, 2.05) is 31.2 Å². The Morgan fingerprint density at radius 2 is 1.92 bits per heavy atom. The Morgan fingerprint density at radius 1 is 1.17 bits per heavy atom. The van der Waals surface area contributed by atoms with E-state index in [9.17, 15) is 4.39 Å². The maximum absolute atomic E-state index is 13.3. The second kappa shape index (κ2) is 8.13. The summed E-state index contributed by atoms with van der Waals surface area (Å²) in [6.07, 6.45) is -0.501. The van der Waals surface area contributed by atoms with Crippen molar-refractivity contribution in [3.05, 3.63) is 59.9 Å². The van der Waals surface area contributed by atoms with E-state index in [0.29, 0.717) is 31.3 Å². The zero-order chi connectivity index (χ0) is 16.8. The molecular formula is C19H22FNO3. The molecule has 1 N–H and O–H groups in total.